The molecule has 3 aromatic rings. The van der Waals surface area contributed by atoms with Gasteiger partial charge in [-0.05, 0) is 23.3 Å². The van der Waals surface area contributed by atoms with E-state index in [0.29, 0.717) is 0 Å². The number of benzene rings is 2. The average molecular weight is 380 g/mol. The van der Waals surface area contributed by atoms with Gasteiger partial charge in [0.15, 0.2) is 5.96 Å². The molecule has 27 heavy (non-hydrogen) atoms. The first-order valence-electron chi connectivity index (χ1n) is 8.99. The zero-order valence-corrected chi connectivity index (χ0v) is 16.3. The van der Waals surface area contributed by atoms with Crippen molar-refractivity contribution in [2.75, 3.05) is 19.3 Å². The number of nitrogens with zero attached hydrogens (tertiary/aromatic N) is 3. The zero-order valence-electron chi connectivity index (χ0n) is 15.5. The molecule has 0 atom stereocenters. The van der Waals surface area contributed by atoms with Gasteiger partial charge < -0.3 is 15.2 Å². The molecular formula is C21H25N5S. The summed E-state index contributed by atoms with van der Waals surface area (Å²) in [6, 6.07) is 19.0. The number of guanidine groups is 1. The Labute approximate surface area is 164 Å². The minimum Gasteiger partial charge on any atom is -0.356 e. The van der Waals surface area contributed by atoms with Crippen LogP contribution in [0.4, 0.5) is 0 Å². The Morgan fingerprint density at radius 2 is 1.93 bits per heavy atom. The highest BCUT2D eigenvalue weighted by Gasteiger charge is 2.01. The minimum absolute atomic E-state index is 0.739. The summed E-state index contributed by atoms with van der Waals surface area (Å²) in [5.41, 5.74) is 2.49. The van der Waals surface area contributed by atoms with Gasteiger partial charge in [0.05, 0.1) is 6.33 Å². The Balaban J connectivity index is 1.42. The smallest absolute Gasteiger partial charge is 0.191 e. The van der Waals surface area contributed by atoms with Gasteiger partial charge in [0.25, 0.3) is 0 Å². The van der Waals surface area contributed by atoms with Gasteiger partial charge in [0.2, 0.25) is 0 Å². The highest BCUT2D eigenvalue weighted by atomic mass is 32.2. The molecule has 5 nitrogen and oxygen atoms in total. The molecule has 0 spiro atoms. The van der Waals surface area contributed by atoms with E-state index < -0.39 is 0 Å². The zero-order chi connectivity index (χ0) is 18.7. The van der Waals surface area contributed by atoms with Crippen molar-refractivity contribution in [2.45, 2.75) is 18.0 Å². The lowest BCUT2D eigenvalue weighted by molar-refractivity contribution is 0.790. The van der Waals surface area contributed by atoms with Gasteiger partial charge >= 0.3 is 0 Å². The third-order valence-electron chi connectivity index (χ3n) is 4.01. The maximum atomic E-state index is 4.30. The van der Waals surface area contributed by atoms with Crippen LogP contribution in [0.5, 0.6) is 0 Å². The summed E-state index contributed by atoms with van der Waals surface area (Å²) in [5, 5.41) is 6.75. The molecule has 1 aromatic heterocycles. The average Bonchev–Trinajstić information content (AvgIpc) is 3.21. The number of rotatable bonds is 8. The van der Waals surface area contributed by atoms with Gasteiger partial charge in [0.1, 0.15) is 0 Å². The molecular weight excluding hydrogens is 354 g/mol. The van der Waals surface area contributed by atoms with Crippen LogP contribution in [0.15, 0.2) is 83.2 Å². The molecule has 140 valence electrons. The summed E-state index contributed by atoms with van der Waals surface area (Å²) in [4.78, 5) is 9.68. The molecule has 0 aliphatic rings. The van der Waals surface area contributed by atoms with Crippen molar-refractivity contribution < 1.29 is 0 Å². The summed E-state index contributed by atoms with van der Waals surface area (Å²) >= 11 is 1.84. The first kappa shape index (κ1) is 19.0. The second-order valence-electron chi connectivity index (χ2n) is 6.07. The summed E-state index contributed by atoms with van der Waals surface area (Å²) in [7, 11) is 1.80. The predicted octanol–water partition coefficient (Wildman–Crippen LogP) is 3.39. The van der Waals surface area contributed by atoms with E-state index in [9.17, 15) is 0 Å². The number of hydrogen-bond acceptors (Lipinski definition) is 3. The molecule has 1 heterocycles. The van der Waals surface area contributed by atoms with Crippen LogP contribution in [0.2, 0.25) is 0 Å². The van der Waals surface area contributed by atoms with Gasteiger partial charge in [-0.15, -0.1) is 11.8 Å². The molecule has 0 aliphatic heterocycles. The molecule has 0 aliphatic carbocycles. The fraction of sp³-hybridized carbons (Fsp3) is 0.238. The first-order valence-corrected chi connectivity index (χ1v) is 9.98. The fourth-order valence-electron chi connectivity index (χ4n) is 2.69. The van der Waals surface area contributed by atoms with Crippen molar-refractivity contribution in [2.24, 2.45) is 4.99 Å². The molecule has 0 bridgehead atoms. The third-order valence-corrected chi connectivity index (χ3v) is 5.02. The summed E-state index contributed by atoms with van der Waals surface area (Å²) in [5.74, 6) is 1.81. The van der Waals surface area contributed by atoms with Gasteiger partial charge in [-0.2, -0.15) is 0 Å². The van der Waals surface area contributed by atoms with Crippen LogP contribution in [0, 0.1) is 0 Å². The highest BCUT2D eigenvalue weighted by molar-refractivity contribution is 7.99. The standard InChI is InChI=1S/C21H25N5S/c1-22-21(24-11-13-27-20-8-3-2-4-9-20)25-15-18-6-5-7-19(14-18)16-26-12-10-23-17-26/h2-10,12,14,17H,11,13,15-16H2,1H3,(H2,22,24,25). The van der Waals surface area contributed by atoms with Crippen molar-refractivity contribution in [3.05, 3.63) is 84.4 Å². The van der Waals surface area contributed by atoms with E-state index in [2.05, 4.69) is 73.7 Å². The molecule has 0 radical (unpaired) electrons. The van der Waals surface area contributed by atoms with Gasteiger partial charge in [-0.3, -0.25) is 4.99 Å². The molecule has 0 unspecified atom stereocenters. The molecule has 2 N–H and O–H groups in total. The van der Waals surface area contributed by atoms with Crippen LogP contribution in [-0.4, -0.2) is 34.9 Å². The second-order valence-corrected chi connectivity index (χ2v) is 7.24. The van der Waals surface area contributed by atoms with Crippen LogP contribution < -0.4 is 10.6 Å². The van der Waals surface area contributed by atoms with Gasteiger partial charge in [0, 0.05) is 49.7 Å². The van der Waals surface area contributed by atoms with Crippen LogP contribution in [0.1, 0.15) is 11.1 Å². The van der Waals surface area contributed by atoms with E-state index in [1.54, 1.807) is 13.2 Å². The van der Waals surface area contributed by atoms with E-state index in [-0.39, 0.29) is 0 Å². The normalized spacial score (nSPS) is 11.4. The predicted molar refractivity (Wildman–Crippen MR) is 113 cm³/mol. The topological polar surface area (TPSA) is 54.2 Å². The number of aromatic nitrogens is 2. The SMILES string of the molecule is CN=C(NCCSc1ccccc1)NCc1cccc(Cn2ccnc2)c1. The number of thioether (sulfide) groups is 1. The molecule has 6 heteroatoms. The van der Waals surface area contributed by atoms with Gasteiger partial charge in [-0.25, -0.2) is 4.98 Å². The molecule has 2 aromatic carbocycles. The molecule has 0 saturated heterocycles. The van der Waals surface area contributed by atoms with Crippen LogP contribution in [0.25, 0.3) is 0 Å². The van der Waals surface area contributed by atoms with Crippen LogP contribution in [0.3, 0.4) is 0 Å². The lowest BCUT2D eigenvalue weighted by Crippen LogP contribution is -2.37. The number of hydrogen-bond donors (Lipinski definition) is 2. The Bertz CT molecular complexity index is 831. The Morgan fingerprint density at radius 3 is 2.70 bits per heavy atom. The number of aliphatic imine (C=N–C) groups is 1. The molecule has 0 amide bonds. The quantitative estimate of drug-likeness (QED) is 0.273. The highest BCUT2D eigenvalue weighted by Crippen LogP contribution is 2.15. The fourth-order valence-corrected chi connectivity index (χ4v) is 3.48. The monoisotopic (exact) mass is 379 g/mol. The summed E-state index contributed by atoms with van der Waals surface area (Å²) < 4.78 is 2.07. The lowest BCUT2D eigenvalue weighted by atomic mass is 10.1. The summed E-state index contributed by atoms with van der Waals surface area (Å²) in [6.07, 6.45) is 5.62. The lowest BCUT2D eigenvalue weighted by Gasteiger charge is -2.12. The maximum absolute atomic E-state index is 4.30. The minimum atomic E-state index is 0.739. The van der Waals surface area contributed by atoms with Crippen molar-refractivity contribution in [3.63, 3.8) is 0 Å². The number of imidazole rings is 1. The van der Waals surface area contributed by atoms with E-state index in [0.717, 1.165) is 31.3 Å². The van der Waals surface area contributed by atoms with E-state index >= 15 is 0 Å². The van der Waals surface area contributed by atoms with Crippen molar-refractivity contribution in [1.82, 2.24) is 20.2 Å². The third kappa shape index (κ3) is 6.49. The Kier molecular flexibility index (Phi) is 7.35. The largest absolute Gasteiger partial charge is 0.356 e. The Morgan fingerprint density at radius 1 is 1.07 bits per heavy atom. The van der Waals surface area contributed by atoms with Crippen molar-refractivity contribution in [1.29, 1.82) is 0 Å². The van der Waals surface area contributed by atoms with Crippen molar-refractivity contribution >= 4 is 17.7 Å². The second kappa shape index (κ2) is 10.4. The molecule has 0 fully saturated rings. The summed E-state index contributed by atoms with van der Waals surface area (Å²) in [6.45, 7) is 2.43. The molecule has 3 rings (SSSR count). The van der Waals surface area contributed by atoms with E-state index in [1.807, 2.05) is 30.4 Å². The van der Waals surface area contributed by atoms with E-state index in [4.69, 9.17) is 0 Å². The van der Waals surface area contributed by atoms with Crippen LogP contribution >= 0.6 is 11.8 Å². The van der Waals surface area contributed by atoms with E-state index in [1.165, 1.54) is 16.0 Å². The van der Waals surface area contributed by atoms with Gasteiger partial charge in [-0.1, -0.05) is 42.5 Å². The Hall–Kier alpha value is -2.73. The number of nitrogens with one attached hydrogen (secondary N) is 2. The van der Waals surface area contributed by atoms with Crippen LogP contribution in [-0.2, 0) is 13.1 Å². The van der Waals surface area contributed by atoms with Crippen molar-refractivity contribution in [3.8, 4) is 0 Å². The maximum Gasteiger partial charge on any atom is 0.191 e. The first-order chi connectivity index (χ1) is 13.3. The molecule has 0 saturated carbocycles.